The Kier molecular flexibility index (Phi) is 2.04. The summed E-state index contributed by atoms with van der Waals surface area (Å²) in [4.78, 5) is 3.78. The van der Waals surface area contributed by atoms with Crippen LogP contribution in [0.1, 0.15) is 19.5 Å². The van der Waals surface area contributed by atoms with Crippen LogP contribution in [0.15, 0.2) is 24.7 Å². The fraction of sp³-hybridized carbons (Fsp3) is 0.200. The topological polar surface area (TPSA) is 30.2 Å². The third-order valence-corrected chi connectivity index (χ3v) is 2.23. The molecule has 0 aliphatic rings. The van der Waals surface area contributed by atoms with E-state index in [9.17, 15) is 4.39 Å². The molecule has 0 N–H and O–H groups in total. The highest BCUT2D eigenvalue weighted by Gasteiger charge is 2.09. The predicted octanol–water partition coefficient (Wildman–Crippen LogP) is 2.29. The van der Waals surface area contributed by atoms with Gasteiger partial charge in [0.1, 0.15) is 11.8 Å². The van der Waals surface area contributed by atoms with Gasteiger partial charge in [0.15, 0.2) is 5.82 Å². The van der Waals surface area contributed by atoms with Crippen LogP contribution in [-0.2, 0) is 0 Å². The summed E-state index contributed by atoms with van der Waals surface area (Å²) in [5.74, 6) is -0.290. The second kappa shape index (κ2) is 3.21. The van der Waals surface area contributed by atoms with E-state index in [1.807, 2.05) is 19.9 Å². The summed E-state index contributed by atoms with van der Waals surface area (Å²) in [6.45, 7) is 3.83. The highest BCUT2D eigenvalue weighted by Crippen LogP contribution is 2.19. The molecule has 2 aromatic rings. The molecule has 0 spiro atoms. The molecular weight excluding hydrogens is 181 g/mol. The van der Waals surface area contributed by atoms with Crippen LogP contribution in [0.2, 0.25) is 0 Å². The number of hydrogen-bond donors (Lipinski definition) is 0. The van der Waals surface area contributed by atoms with E-state index in [0.29, 0.717) is 5.52 Å². The van der Waals surface area contributed by atoms with Gasteiger partial charge in [-0.05, 0) is 19.4 Å². The number of hydrogen-bond acceptors (Lipinski definition) is 2. The summed E-state index contributed by atoms with van der Waals surface area (Å²) >= 11 is 0. The van der Waals surface area contributed by atoms with Crippen LogP contribution in [0.25, 0.3) is 11.1 Å². The monoisotopic (exact) mass is 191 g/mol. The Hall–Kier alpha value is -1.71. The van der Waals surface area contributed by atoms with E-state index < -0.39 is 0 Å². The minimum absolute atomic E-state index is 0.290. The first-order valence-corrected chi connectivity index (χ1v) is 4.34. The van der Waals surface area contributed by atoms with Crippen molar-refractivity contribution in [3.05, 3.63) is 36.2 Å². The maximum absolute atomic E-state index is 13.4. The third-order valence-electron chi connectivity index (χ3n) is 2.23. The van der Waals surface area contributed by atoms with E-state index in [1.54, 1.807) is 4.52 Å². The average Bonchev–Trinajstić information content (AvgIpc) is 2.56. The van der Waals surface area contributed by atoms with Crippen molar-refractivity contribution < 1.29 is 4.39 Å². The lowest BCUT2D eigenvalue weighted by Crippen LogP contribution is -1.95. The first-order valence-electron chi connectivity index (χ1n) is 4.34. The minimum Gasteiger partial charge on any atom is -0.241 e. The SMILES string of the molecule is C/C=C(\C)c1cc(F)c2cncnn12. The molecule has 0 atom stereocenters. The second-order valence-electron chi connectivity index (χ2n) is 3.06. The van der Waals surface area contributed by atoms with Crippen LogP contribution in [0, 0.1) is 5.82 Å². The van der Waals surface area contributed by atoms with Crippen LogP contribution in [0.4, 0.5) is 4.39 Å². The quantitative estimate of drug-likeness (QED) is 0.692. The van der Waals surface area contributed by atoms with Crippen molar-refractivity contribution in [3.8, 4) is 0 Å². The molecule has 14 heavy (non-hydrogen) atoms. The summed E-state index contributed by atoms with van der Waals surface area (Å²) in [5, 5.41) is 4.00. The molecule has 0 aliphatic heterocycles. The number of rotatable bonds is 1. The number of allylic oxidation sites excluding steroid dienone is 2. The highest BCUT2D eigenvalue weighted by molar-refractivity contribution is 5.65. The van der Waals surface area contributed by atoms with Gasteiger partial charge in [0.05, 0.1) is 11.9 Å². The zero-order chi connectivity index (χ0) is 10.1. The maximum atomic E-state index is 13.4. The van der Waals surface area contributed by atoms with Gasteiger partial charge in [-0.15, -0.1) is 0 Å². The Balaban J connectivity index is 2.79. The molecule has 0 radical (unpaired) electrons. The smallest absolute Gasteiger partial charge is 0.152 e. The maximum Gasteiger partial charge on any atom is 0.152 e. The van der Waals surface area contributed by atoms with Crippen molar-refractivity contribution in [3.63, 3.8) is 0 Å². The van der Waals surface area contributed by atoms with Gasteiger partial charge in [0, 0.05) is 6.07 Å². The molecule has 0 fully saturated rings. The number of nitrogens with zero attached hydrogens (tertiary/aromatic N) is 3. The van der Waals surface area contributed by atoms with Gasteiger partial charge in [-0.3, -0.25) is 0 Å². The molecule has 2 rings (SSSR count). The normalized spacial score (nSPS) is 12.4. The molecule has 72 valence electrons. The van der Waals surface area contributed by atoms with Gasteiger partial charge in [0.25, 0.3) is 0 Å². The zero-order valence-corrected chi connectivity index (χ0v) is 8.03. The summed E-state index contributed by atoms with van der Waals surface area (Å²) in [7, 11) is 0. The number of fused-ring (bicyclic) bond motifs is 1. The zero-order valence-electron chi connectivity index (χ0n) is 8.03. The Morgan fingerprint density at radius 3 is 3.07 bits per heavy atom. The van der Waals surface area contributed by atoms with Crippen molar-refractivity contribution in [2.45, 2.75) is 13.8 Å². The number of aromatic nitrogens is 3. The summed E-state index contributed by atoms with van der Waals surface area (Å²) in [5.41, 5.74) is 2.16. The minimum atomic E-state index is -0.290. The first-order chi connectivity index (χ1) is 6.74. The fourth-order valence-electron chi connectivity index (χ4n) is 1.34. The molecule has 4 heteroatoms. The Labute approximate surface area is 80.9 Å². The van der Waals surface area contributed by atoms with E-state index in [-0.39, 0.29) is 5.82 Å². The highest BCUT2D eigenvalue weighted by atomic mass is 19.1. The molecule has 2 heterocycles. The molecule has 0 bridgehead atoms. The Morgan fingerprint density at radius 2 is 2.36 bits per heavy atom. The van der Waals surface area contributed by atoms with Crippen molar-refractivity contribution in [1.82, 2.24) is 14.6 Å². The lowest BCUT2D eigenvalue weighted by atomic mass is 10.2. The van der Waals surface area contributed by atoms with Crippen LogP contribution in [-0.4, -0.2) is 14.6 Å². The molecule has 0 unspecified atom stereocenters. The second-order valence-corrected chi connectivity index (χ2v) is 3.06. The van der Waals surface area contributed by atoms with Crippen molar-refractivity contribution in [2.75, 3.05) is 0 Å². The molecular formula is C10H10FN3. The van der Waals surface area contributed by atoms with E-state index in [2.05, 4.69) is 10.1 Å². The van der Waals surface area contributed by atoms with Gasteiger partial charge >= 0.3 is 0 Å². The predicted molar refractivity (Wildman–Crippen MR) is 52.3 cm³/mol. The van der Waals surface area contributed by atoms with Crippen molar-refractivity contribution in [1.29, 1.82) is 0 Å². The van der Waals surface area contributed by atoms with Crippen LogP contribution in [0.3, 0.4) is 0 Å². The van der Waals surface area contributed by atoms with Crippen molar-refractivity contribution >= 4 is 11.1 Å². The van der Waals surface area contributed by atoms with Crippen LogP contribution >= 0.6 is 0 Å². The van der Waals surface area contributed by atoms with Gasteiger partial charge < -0.3 is 0 Å². The van der Waals surface area contributed by atoms with E-state index >= 15 is 0 Å². The van der Waals surface area contributed by atoms with Gasteiger partial charge in [-0.25, -0.2) is 13.9 Å². The lowest BCUT2D eigenvalue weighted by molar-refractivity contribution is 0.638. The largest absolute Gasteiger partial charge is 0.241 e. The summed E-state index contributed by atoms with van der Waals surface area (Å²) in [6, 6.07) is 1.47. The Morgan fingerprint density at radius 1 is 1.57 bits per heavy atom. The Bertz CT molecular complexity index is 499. The van der Waals surface area contributed by atoms with Crippen LogP contribution in [0.5, 0.6) is 0 Å². The molecule has 0 aliphatic carbocycles. The molecule has 3 nitrogen and oxygen atoms in total. The van der Waals surface area contributed by atoms with Gasteiger partial charge in [-0.1, -0.05) is 6.08 Å². The van der Waals surface area contributed by atoms with E-state index in [1.165, 1.54) is 18.6 Å². The van der Waals surface area contributed by atoms with Gasteiger partial charge in [-0.2, -0.15) is 5.10 Å². The average molecular weight is 191 g/mol. The molecule has 0 amide bonds. The lowest BCUT2D eigenvalue weighted by Gasteiger charge is -1.99. The van der Waals surface area contributed by atoms with E-state index in [0.717, 1.165) is 11.3 Å². The third kappa shape index (κ3) is 1.19. The summed E-state index contributed by atoms with van der Waals surface area (Å²) in [6.07, 6.45) is 4.79. The molecule has 0 saturated carbocycles. The standard InChI is InChI=1S/C10H10FN3/c1-3-7(2)9-4-8(11)10-5-12-6-13-14(9)10/h3-6H,1-2H3/b7-3+. The molecule has 0 saturated heterocycles. The molecule has 0 aromatic carbocycles. The molecule has 2 aromatic heterocycles. The van der Waals surface area contributed by atoms with Crippen LogP contribution < -0.4 is 0 Å². The summed E-state index contributed by atoms with van der Waals surface area (Å²) < 4.78 is 14.9. The van der Waals surface area contributed by atoms with Crippen molar-refractivity contribution in [2.24, 2.45) is 0 Å². The fourth-order valence-corrected chi connectivity index (χ4v) is 1.34. The van der Waals surface area contributed by atoms with E-state index in [4.69, 9.17) is 0 Å². The first kappa shape index (κ1) is 8.87. The number of halogens is 1. The van der Waals surface area contributed by atoms with Gasteiger partial charge in [0.2, 0.25) is 0 Å².